The normalized spacial score (nSPS) is 23.3. The highest BCUT2D eigenvalue weighted by molar-refractivity contribution is 5.81. The van der Waals surface area contributed by atoms with E-state index in [4.69, 9.17) is 27.2 Å². The molecule has 0 amide bonds. The molecule has 0 aromatic rings. The van der Waals surface area contributed by atoms with E-state index < -0.39 is 36.8 Å². The summed E-state index contributed by atoms with van der Waals surface area (Å²) in [5.74, 6) is -1.44. The highest BCUT2D eigenvalue weighted by Gasteiger charge is 2.03. The quantitative estimate of drug-likeness (QED) is 0.416. The number of carbonyl (C=O) groups excluding carboxylic acids is 2. The van der Waals surface area contributed by atoms with Crippen molar-refractivity contribution in [1.29, 1.82) is 0 Å². The number of nitrogens with two attached hydrogens (primary N) is 2. The summed E-state index contributed by atoms with van der Waals surface area (Å²) in [4.78, 5) is 20.6. The standard InChI is InChI=1S/2C4H9NO2/c2*1-3(7)4(5)2-6/h2*4,6H,2,5H2,1H3/t2*4-/m11/s1/i2D2,4D;4D. The number of aliphatic hydroxyl groups is 2. The lowest BCUT2D eigenvalue weighted by Gasteiger charge is -1.98. The molecular weight excluding hydrogens is 188 g/mol. The molecule has 0 aromatic heterocycles. The molecule has 0 heterocycles. The van der Waals surface area contributed by atoms with Gasteiger partial charge in [-0.15, -0.1) is 0 Å². The zero-order valence-electron chi connectivity index (χ0n) is 12.1. The number of carbonyl (C=O) groups is 2. The molecule has 14 heavy (non-hydrogen) atoms. The Morgan fingerprint density at radius 2 is 1.64 bits per heavy atom. The number of Topliss-reactive ketones (excluding diaryl/α,β-unsaturated/α-hetero) is 2. The van der Waals surface area contributed by atoms with Crippen LogP contribution in [0.2, 0.25) is 0 Å². The third-order valence-corrected chi connectivity index (χ3v) is 1.12. The van der Waals surface area contributed by atoms with E-state index in [2.05, 4.69) is 0 Å². The first-order valence-corrected chi connectivity index (χ1v) is 3.63. The maximum Gasteiger partial charge on any atom is 0.148 e. The van der Waals surface area contributed by atoms with Crippen molar-refractivity contribution in [1.82, 2.24) is 0 Å². The lowest BCUT2D eigenvalue weighted by atomic mass is 10.2. The Balaban J connectivity index is 0. The molecule has 0 aliphatic rings. The van der Waals surface area contributed by atoms with Crippen LogP contribution >= 0.6 is 0 Å². The van der Waals surface area contributed by atoms with Gasteiger partial charge in [0.05, 0.1) is 30.7 Å². The number of hydrogen-bond acceptors (Lipinski definition) is 6. The second-order valence-electron chi connectivity index (χ2n) is 2.32. The van der Waals surface area contributed by atoms with Gasteiger partial charge in [-0.3, -0.25) is 9.59 Å². The minimum Gasteiger partial charge on any atom is -0.394 e. The summed E-state index contributed by atoms with van der Waals surface area (Å²) in [6.07, 6.45) is 0. The third kappa shape index (κ3) is 9.27. The maximum absolute atomic E-state index is 10.4. The minimum atomic E-state index is -2.99. The molecule has 0 aromatic carbocycles. The smallest absolute Gasteiger partial charge is 0.148 e. The van der Waals surface area contributed by atoms with Gasteiger partial charge in [-0.05, 0) is 13.8 Å². The van der Waals surface area contributed by atoms with E-state index in [1.54, 1.807) is 0 Å². The maximum atomic E-state index is 10.4. The molecule has 0 spiro atoms. The number of rotatable bonds is 4. The molecule has 6 heteroatoms. The Bertz CT molecular complexity index is 315. The van der Waals surface area contributed by atoms with Crippen LogP contribution in [-0.4, -0.2) is 47.0 Å². The van der Waals surface area contributed by atoms with E-state index >= 15 is 0 Å². The highest BCUT2D eigenvalue weighted by atomic mass is 16.3. The molecule has 0 saturated carbocycles. The molecule has 6 N–H and O–H groups in total. The van der Waals surface area contributed by atoms with Gasteiger partial charge >= 0.3 is 0 Å². The third-order valence-electron chi connectivity index (χ3n) is 1.12. The van der Waals surface area contributed by atoms with Crippen LogP contribution in [0.4, 0.5) is 0 Å². The van der Waals surface area contributed by atoms with Crippen molar-refractivity contribution in [2.24, 2.45) is 11.5 Å². The largest absolute Gasteiger partial charge is 0.394 e. The zero-order chi connectivity index (χ0) is 15.4. The number of ketones is 2. The highest BCUT2D eigenvalue weighted by Crippen LogP contribution is 1.75. The van der Waals surface area contributed by atoms with Crippen molar-refractivity contribution in [3.8, 4) is 0 Å². The average molecular weight is 210 g/mol. The molecule has 0 rings (SSSR count). The lowest BCUT2D eigenvalue weighted by Crippen LogP contribution is -2.31. The minimum absolute atomic E-state index is 0.528. The van der Waals surface area contributed by atoms with Gasteiger partial charge in [0, 0.05) is 0 Å². The van der Waals surface area contributed by atoms with E-state index in [0.29, 0.717) is 0 Å². The van der Waals surface area contributed by atoms with E-state index in [0.717, 1.165) is 6.92 Å². The molecule has 84 valence electrons. The first kappa shape index (κ1) is 8.49. The van der Waals surface area contributed by atoms with Gasteiger partial charge in [0.2, 0.25) is 0 Å². The second kappa shape index (κ2) is 8.76. The van der Waals surface area contributed by atoms with Crippen molar-refractivity contribution < 1.29 is 25.3 Å². The Hall–Kier alpha value is -0.820. The summed E-state index contributed by atoms with van der Waals surface area (Å²) in [7, 11) is 0. The molecule has 0 radical (unpaired) electrons. The molecular formula is C8H18N2O4. The van der Waals surface area contributed by atoms with Crippen molar-refractivity contribution in [3.63, 3.8) is 0 Å². The van der Waals surface area contributed by atoms with Crippen LogP contribution in [0.25, 0.3) is 0 Å². The van der Waals surface area contributed by atoms with Gasteiger partial charge in [0.25, 0.3) is 0 Å². The molecule has 0 aliphatic heterocycles. The fourth-order valence-corrected chi connectivity index (χ4v) is 0.190. The van der Waals surface area contributed by atoms with Crippen LogP contribution in [0.15, 0.2) is 0 Å². The molecule has 0 aliphatic carbocycles. The summed E-state index contributed by atoms with van der Waals surface area (Å²) in [5, 5.41) is 16.7. The van der Waals surface area contributed by atoms with Crippen LogP contribution in [0.1, 0.15) is 19.3 Å². The first-order chi connectivity index (χ1) is 7.70. The van der Waals surface area contributed by atoms with Crippen LogP contribution in [-0.2, 0) is 9.59 Å². The zero-order valence-corrected chi connectivity index (χ0v) is 8.07. The number of hydrogen-bond donors (Lipinski definition) is 4. The summed E-state index contributed by atoms with van der Waals surface area (Å²) in [6.45, 7) is -1.49. The van der Waals surface area contributed by atoms with E-state index in [9.17, 15) is 9.59 Å². The van der Waals surface area contributed by atoms with E-state index in [1.165, 1.54) is 6.92 Å². The molecule has 0 unspecified atom stereocenters. The molecule has 0 saturated heterocycles. The summed E-state index contributed by atoms with van der Waals surface area (Å²) in [5.41, 5.74) is 9.75. The Morgan fingerprint density at radius 1 is 1.29 bits per heavy atom. The Morgan fingerprint density at radius 3 is 1.64 bits per heavy atom. The average Bonchev–Trinajstić information content (AvgIpc) is 2.16. The number of aliphatic hydroxyl groups excluding tert-OH is 1. The van der Waals surface area contributed by atoms with Gasteiger partial charge < -0.3 is 21.7 Å². The Kier molecular flexibility index (Phi) is 5.31. The molecule has 6 nitrogen and oxygen atoms in total. The predicted molar refractivity (Wildman–Crippen MR) is 51.5 cm³/mol. The van der Waals surface area contributed by atoms with Gasteiger partial charge in [0.1, 0.15) is 11.6 Å². The summed E-state index contributed by atoms with van der Waals surface area (Å²) in [6, 6.07) is -4.35. The van der Waals surface area contributed by atoms with Crippen LogP contribution < -0.4 is 11.5 Å². The summed E-state index contributed by atoms with van der Waals surface area (Å²) >= 11 is 0. The van der Waals surface area contributed by atoms with E-state index in [1.807, 2.05) is 0 Å². The van der Waals surface area contributed by atoms with Crippen LogP contribution in [0.5, 0.6) is 0 Å². The molecule has 2 atom stereocenters. The van der Waals surface area contributed by atoms with Crippen molar-refractivity contribution in [2.45, 2.75) is 25.9 Å². The van der Waals surface area contributed by atoms with Gasteiger partial charge in [-0.2, -0.15) is 0 Å². The SMILES string of the molecule is [2H]C([2H])(O)[C@@]([2H])(N)C(C)=O.[2H][C@@](N)(CO)C(C)=O. The molecule has 0 fully saturated rings. The topological polar surface area (TPSA) is 127 Å². The lowest BCUT2D eigenvalue weighted by molar-refractivity contribution is -0.119. The van der Waals surface area contributed by atoms with Crippen LogP contribution in [0, 0.1) is 0 Å². The van der Waals surface area contributed by atoms with Gasteiger partial charge in [0.15, 0.2) is 0 Å². The first-order valence-electron chi connectivity index (χ1n) is 5.63. The summed E-state index contributed by atoms with van der Waals surface area (Å²) < 4.78 is 26.8. The van der Waals surface area contributed by atoms with Crippen molar-refractivity contribution in [2.75, 3.05) is 13.2 Å². The predicted octanol–water partition coefficient (Wildman–Crippen LogP) is -2.21. The Labute approximate surface area is 88.5 Å². The monoisotopic (exact) mass is 210 g/mol. The van der Waals surface area contributed by atoms with E-state index in [-0.39, 0.29) is 0 Å². The fourth-order valence-electron chi connectivity index (χ4n) is 0.190. The molecule has 0 bridgehead atoms. The van der Waals surface area contributed by atoms with Crippen molar-refractivity contribution >= 4 is 11.6 Å². The van der Waals surface area contributed by atoms with Crippen LogP contribution in [0.3, 0.4) is 0 Å². The van der Waals surface area contributed by atoms with Crippen molar-refractivity contribution in [3.05, 3.63) is 0 Å². The fraction of sp³-hybridized carbons (Fsp3) is 0.750. The van der Waals surface area contributed by atoms with Gasteiger partial charge in [-0.1, -0.05) is 0 Å². The second-order valence-corrected chi connectivity index (χ2v) is 2.32. The van der Waals surface area contributed by atoms with Gasteiger partial charge in [-0.25, -0.2) is 0 Å².